The Hall–Kier alpha value is -1.67. The lowest BCUT2D eigenvalue weighted by atomic mass is 9.31. The van der Waals surface area contributed by atoms with Crippen molar-refractivity contribution in [2.75, 3.05) is 7.11 Å². The topological polar surface area (TPSA) is 68.0 Å². The third-order valence-electron chi connectivity index (χ3n) is 13.3. The van der Waals surface area contributed by atoms with Gasteiger partial charge < -0.3 is 14.6 Å². The highest BCUT2D eigenvalue weighted by atomic mass is 16.5. The molecule has 0 heterocycles. The molecule has 0 radical (unpaired) electrons. The van der Waals surface area contributed by atoms with Crippen molar-refractivity contribution in [2.24, 2.45) is 56.2 Å². The number of Topliss-reactive ketones (excluding diaryl/α,β-unsaturated/α-hetero) is 1. The van der Waals surface area contributed by atoms with Gasteiger partial charge in [0.2, 0.25) is 5.70 Å². The van der Waals surface area contributed by atoms with E-state index in [-0.39, 0.29) is 62.8 Å². The summed E-state index contributed by atoms with van der Waals surface area (Å²) in [5, 5.41) is 12.1. The predicted octanol–water partition coefficient (Wildman–Crippen LogP) is 6.60. The number of methoxy groups -OCH3 is 1. The molecule has 5 aliphatic carbocycles. The van der Waals surface area contributed by atoms with Crippen LogP contribution in [0.5, 0.6) is 0 Å². The fourth-order valence-corrected chi connectivity index (χ4v) is 11.1. The molecule has 0 spiro atoms. The zero-order chi connectivity index (χ0) is 27.4. The van der Waals surface area contributed by atoms with Gasteiger partial charge in [-0.2, -0.15) is 0 Å². The minimum Gasteiger partial charge on any atom is -0.469 e. The van der Waals surface area contributed by atoms with Crippen LogP contribution in [0.4, 0.5) is 0 Å². The van der Waals surface area contributed by atoms with E-state index in [0.717, 1.165) is 44.9 Å². The number of rotatable bonds is 1. The van der Waals surface area contributed by atoms with Crippen molar-refractivity contribution < 1.29 is 19.4 Å². The molecule has 4 saturated carbocycles. The summed E-state index contributed by atoms with van der Waals surface area (Å²) in [5.74, 6) is 0.334. The molecule has 5 aliphatic rings. The van der Waals surface area contributed by atoms with Gasteiger partial charge in [-0.05, 0) is 96.7 Å². The van der Waals surface area contributed by atoms with Crippen LogP contribution in [0.25, 0.3) is 4.85 Å². The number of allylic oxidation sites excluding steroid dienone is 2. The Labute approximate surface area is 223 Å². The Bertz CT molecular complexity index is 1100. The largest absolute Gasteiger partial charge is 0.469 e. The molecule has 4 fully saturated rings. The molecule has 5 rings (SSSR count). The van der Waals surface area contributed by atoms with Gasteiger partial charge in [0.15, 0.2) is 5.78 Å². The lowest BCUT2D eigenvalue weighted by Gasteiger charge is -2.73. The summed E-state index contributed by atoms with van der Waals surface area (Å²) >= 11 is 0. The Morgan fingerprint density at radius 1 is 1.00 bits per heavy atom. The highest BCUT2D eigenvalue weighted by molar-refractivity contribution is 6.02. The summed E-state index contributed by atoms with van der Waals surface area (Å²) in [4.78, 5) is 30.4. The highest BCUT2D eigenvalue weighted by Crippen LogP contribution is 2.76. The maximum atomic E-state index is 13.4. The monoisotopic (exact) mass is 509 g/mol. The molecule has 0 aromatic rings. The second kappa shape index (κ2) is 7.93. The fraction of sp³-hybridized carbons (Fsp3) is 0.844. The molecule has 5 heteroatoms. The van der Waals surface area contributed by atoms with Gasteiger partial charge in [0.1, 0.15) is 0 Å². The number of hydrogen-bond donors (Lipinski definition) is 1. The van der Waals surface area contributed by atoms with Crippen LogP contribution in [0.1, 0.15) is 99.8 Å². The highest BCUT2D eigenvalue weighted by Gasteiger charge is 2.72. The summed E-state index contributed by atoms with van der Waals surface area (Å²) in [6.45, 7) is 23.5. The lowest BCUT2D eigenvalue weighted by Crippen LogP contribution is -2.70. The smallest absolute Gasteiger partial charge is 0.312 e. The van der Waals surface area contributed by atoms with E-state index in [0.29, 0.717) is 6.42 Å². The first-order valence-electron chi connectivity index (χ1n) is 14.5. The molecule has 1 N–H and O–H groups in total. The number of ketones is 1. The molecule has 0 unspecified atom stereocenters. The van der Waals surface area contributed by atoms with Gasteiger partial charge >= 0.3 is 5.97 Å². The van der Waals surface area contributed by atoms with E-state index in [2.05, 4.69) is 39.5 Å². The van der Waals surface area contributed by atoms with Gasteiger partial charge in [-0.25, -0.2) is 4.85 Å². The van der Waals surface area contributed by atoms with Gasteiger partial charge in [0.25, 0.3) is 0 Å². The molecule has 0 aromatic heterocycles. The van der Waals surface area contributed by atoms with Gasteiger partial charge in [-0.3, -0.25) is 4.79 Å². The Balaban J connectivity index is 1.64. The molecule has 0 amide bonds. The molecular formula is C32H47NO4. The Morgan fingerprint density at radius 3 is 2.27 bits per heavy atom. The normalized spacial score (nSPS) is 49.8. The molecular weight excluding hydrogens is 462 g/mol. The van der Waals surface area contributed by atoms with E-state index in [9.17, 15) is 14.7 Å². The Morgan fingerprint density at radius 2 is 1.65 bits per heavy atom. The van der Waals surface area contributed by atoms with Gasteiger partial charge in [0.05, 0.1) is 25.2 Å². The van der Waals surface area contributed by atoms with Crippen LogP contribution in [-0.4, -0.2) is 30.1 Å². The molecule has 0 aromatic carbocycles. The first kappa shape index (κ1) is 26.9. The van der Waals surface area contributed by atoms with Gasteiger partial charge in [-0.1, -0.05) is 54.5 Å². The van der Waals surface area contributed by atoms with E-state index in [1.807, 2.05) is 19.9 Å². The van der Waals surface area contributed by atoms with Crippen molar-refractivity contribution in [3.63, 3.8) is 0 Å². The number of nitrogens with zero attached hydrogens (tertiary/aromatic N) is 1. The SMILES string of the molecule is [C-]#[N+]C1=C[C@]2(C)[C@H]3C[C@H](O)[C@@H]4[C@@H]5CC(C)(C)CC[C@]5(C(=O)OC)CC[C@@]4(C)[C@]3(C)CC[C@H]2C(C)(C)C1=O. The van der Waals surface area contributed by atoms with E-state index in [1.54, 1.807) is 0 Å². The van der Waals surface area contributed by atoms with Crippen LogP contribution in [0.15, 0.2) is 11.8 Å². The number of aliphatic hydroxyl groups excluding tert-OH is 1. The number of hydrogen-bond acceptors (Lipinski definition) is 4. The summed E-state index contributed by atoms with van der Waals surface area (Å²) < 4.78 is 5.45. The standard InChI is InChI=1S/C32H47NO4/c1-27(2)12-14-32(26(36)37-9)15-13-31(7)24(19(32)17-27)21(34)16-23-29(5)18-20(33-8)25(35)28(3,4)22(29)10-11-30(23,31)6/h18-19,21-24,34H,10-17H2,1-7,9H3/t19-,21-,22-,23+,24-,29-,30+,31+,32-/m0/s1. The van der Waals surface area contributed by atoms with E-state index >= 15 is 0 Å². The van der Waals surface area contributed by atoms with Gasteiger partial charge in [-0.15, -0.1) is 0 Å². The van der Waals surface area contributed by atoms with Crippen molar-refractivity contribution >= 4 is 11.8 Å². The van der Waals surface area contributed by atoms with Crippen LogP contribution in [0.3, 0.4) is 0 Å². The molecule has 204 valence electrons. The van der Waals surface area contributed by atoms with Crippen molar-refractivity contribution in [3.05, 3.63) is 23.2 Å². The first-order valence-corrected chi connectivity index (χ1v) is 14.5. The summed E-state index contributed by atoms with van der Waals surface area (Å²) in [5.41, 5.74) is -1.23. The quantitative estimate of drug-likeness (QED) is 0.319. The zero-order valence-electron chi connectivity index (χ0n) is 24.2. The molecule has 0 aliphatic heterocycles. The number of carbonyl (C=O) groups excluding carboxylic acids is 2. The molecule has 0 saturated heterocycles. The number of fused-ring (bicyclic) bond motifs is 7. The van der Waals surface area contributed by atoms with E-state index in [1.165, 1.54) is 7.11 Å². The van der Waals surface area contributed by atoms with Crippen LogP contribution in [0.2, 0.25) is 0 Å². The molecule has 0 bridgehead atoms. The van der Waals surface area contributed by atoms with Crippen LogP contribution in [-0.2, 0) is 14.3 Å². The van der Waals surface area contributed by atoms with E-state index in [4.69, 9.17) is 11.3 Å². The molecule has 9 atom stereocenters. The maximum Gasteiger partial charge on any atom is 0.312 e. The fourth-order valence-electron chi connectivity index (χ4n) is 11.1. The van der Waals surface area contributed by atoms with Gasteiger partial charge in [0, 0.05) is 5.41 Å². The van der Waals surface area contributed by atoms with Crippen LogP contribution < -0.4 is 0 Å². The summed E-state index contributed by atoms with van der Waals surface area (Å²) in [6, 6.07) is 0. The second-order valence-electron chi connectivity index (χ2n) is 15.5. The Kier molecular flexibility index (Phi) is 5.77. The van der Waals surface area contributed by atoms with Crippen LogP contribution >= 0.6 is 0 Å². The minimum absolute atomic E-state index is 0.0287. The maximum absolute atomic E-state index is 13.4. The minimum atomic E-state index is -0.590. The number of aliphatic hydroxyl groups is 1. The average molecular weight is 510 g/mol. The average Bonchev–Trinajstić information content (AvgIpc) is 2.82. The third kappa shape index (κ3) is 3.23. The molecule has 5 nitrogen and oxygen atoms in total. The summed E-state index contributed by atoms with van der Waals surface area (Å²) in [6.07, 6.45) is 8.58. The predicted molar refractivity (Wildman–Crippen MR) is 143 cm³/mol. The number of carbonyl (C=O) groups is 2. The van der Waals surface area contributed by atoms with Crippen molar-refractivity contribution in [1.29, 1.82) is 0 Å². The number of esters is 1. The first-order chi connectivity index (χ1) is 17.0. The second-order valence-corrected chi connectivity index (χ2v) is 15.5. The van der Waals surface area contributed by atoms with Crippen molar-refractivity contribution in [2.45, 2.75) is 106 Å². The molecule has 37 heavy (non-hydrogen) atoms. The number of ether oxygens (including phenoxy) is 1. The lowest BCUT2D eigenvalue weighted by molar-refractivity contribution is -0.260. The van der Waals surface area contributed by atoms with Crippen LogP contribution in [0, 0.1) is 62.7 Å². The van der Waals surface area contributed by atoms with Crippen molar-refractivity contribution in [1.82, 2.24) is 0 Å². The third-order valence-corrected chi connectivity index (χ3v) is 13.3. The summed E-state index contributed by atoms with van der Waals surface area (Å²) in [7, 11) is 1.52. The van der Waals surface area contributed by atoms with E-state index < -0.39 is 16.9 Å². The zero-order valence-corrected chi connectivity index (χ0v) is 24.2. The van der Waals surface area contributed by atoms with Crippen molar-refractivity contribution in [3.8, 4) is 0 Å².